The van der Waals surface area contributed by atoms with E-state index in [9.17, 15) is 19.7 Å². The number of hydrogen-bond acceptors (Lipinski definition) is 7. The molecule has 164 valence electrons. The summed E-state index contributed by atoms with van der Waals surface area (Å²) in [6.45, 7) is 2.43. The van der Waals surface area contributed by atoms with Crippen LogP contribution in [0.5, 0.6) is 0 Å². The number of tetrazole rings is 1. The van der Waals surface area contributed by atoms with Gasteiger partial charge in [0.25, 0.3) is 0 Å². The maximum absolute atomic E-state index is 13.3. The molecule has 0 unspecified atom stereocenters. The molecule has 2 atom stereocenters. The SMILES string of the molecule is O=C(C1CCC(Cn2cnnn2)CC1)N1C[C@H]2C[C@H](C1)c1ccc([N+](=O)[O-])c(=O)n1C2. The van der Waals surface area contributed by atoms with E-state index in [1.165, 1.54) is 6.07 Å². The van der Waals surface area contributed by atoms with Crippen LogP contribution in [0.3, 0.4) is 0 Å². The zero-order chi connectivity index (χ0) is 21.5. The molecule has 0 N–H and O–H groups in total. The van der Waals surface area contributed by atoms with Gasteiger partial charge in [0.1, 0.15) is 6.33 Å². The van der Waals surface area contributed by atoms with Crippen molar-refractivity contribution in [3.05, 3.63) is 44.6 Å². The lowest BCUT2D eigenvalue weighted by Gasteiger charge is -2.44. The Morgan fingerprint density at radius 3 is 2.68 bits per heavy atom. The molecule has 0 radical (unpaired) electrons. The van der Waals surface area contributed by atoms with Crippen molar-refractivity contribution >= 4 is 11.6 Å². The van der Waals surface area contributed by atoms with Crippen molar-refractivity contribution < 1.29 is 9.72 Å². The molecule has 1 saturated heterocycles. The van der Waals surface area contributed by atoms with Gasteiger partial charge in [-0.2, -0.15) is 0 Å². The Kier molecular flexibility index (Phi) is 5.03. The van der Waals surface area contributed by atoms with Crippen LogP contribution in [-0.2, 0) is 17.9 Å². The van der Waals surface area contributed by atoms with Gasteiger partial charge in [-0.05, 0) is 60.4 Å². The summed E-state index contributed by atoms with van der Waals surface area (Å²) in [6, 6.07) is 3.00. The van der Waals surface area contributed by atoms with Crippen LogP contribution in [0.4, 0.5) is 5.69 Å². The van der Waals surface area contributed by atoms with Crippen molar-refractivity contribution in [3.8, 4) is 0 Å². The molecular formula is C20H25N7O4. The number of hydrogen-bond donors (Lipinski definition) is 0. The van der Waals surface area contributed by atoms with E-state index in [0.717, 1.165) is 44.3 Å². The van der Waals surface area contributed by atoms with Crippen LogP contribution < -0.4 is 5.56 Å². The van der Waals surface area contributed by atoms with E-state index < -0.39 is 10.5 Å². The number of pyridine rings is 1. The summed E-state index contributed by atoms with van der Waals surface area (Å²) in [7, 11) is 0. The van der Waals surface area contributed by atoms with Crippen molar-refractivity contribution in [1.82, 2.24) is 29.7 Å². The summed E-state index contributed by atoms with van der Waals surface area (Å²) in [6.07, 6.45) is 6.26. The summed E-state index contributed by atoms with van der Waals surface area (Å²) in [4.78, 5) is 38.2. The van der Waals surface area contributed by atoms with Gasteiger partial charge in [0.05, 0.1) is 4.92 Å². The Balaban J connectivity index is 1.24. The maximum Gasteiger partial charge on any atom is 0.334 e. The third kappa shape index (κ3) is 3.72. The fourth-order valence-electron chi connectivity index (χ4n) is 5.63. The Morgan fingerprint density at radius 1 is 1.16 bits per heavy atom. The zero-order valence-electron chi connectivity index (χ0n) is 17.2. The summed E-state index contributed by atoms with van der Waals surface area (Å²) < 4.78 is 3.31. The molecule has 2 aromatic rings. The number of nitro groups is 1. The van der Waals surface area contributed by atoms with Crippen LogP contribution in [0.2, 0.25) is 0 Å². The van der Waals surface area contributed by atoms with Gasteiger partial charge in [-0.25, -0.2) is 4.68 Å². The molecule has 11 nitrogen and oxygen atoms in total. The number of likely N-dealkylation sites (tertiary alicyclic amines) is 1. The molecule has 3 aliphatic rings. The van der Waals surface area contributed by atoms with E-state index in [1.807, 2.05) is 4.90 Å². The molecule has 5 rings (SSSR count). The average molecular weight is 427 g/mol. The highest BCUT2D eigenvalue weighted by Crippen LogP contribution is 2.38. The Bertz CT molecular complexity index is 1040. The smallest absolute Gasteiger partial charge is 0.334 e. The molecule has 31 heavy (non-hydrogen) atoms. The molecule has 1 aliphatic carbocycles. The van der Waals surface area contributed by atoms with Crippen LogP contribution >= 0.6 is 0 Å². The number of carbonyl (C=O) groups is 1. The number of amides is 1. The first-order valence-electron chi connectivity index (χ1n) is 10.9. The van der Waals surface area contributed by atoms with E-state index in [0.29, 0.717) is 25.6 Å². The largest absolute Gasteiger partial charge is 0.341 e. The molecule has 11 heteroatoms. The van der Waals surface area contributed by atoms with Gasteiger partial charge >= 0.3 is 11.2 Å². The first-order valence-corrected chi connectivity index (χ1v) is 10.9. The third-order valence-corrected chi connectivity index (χ3v) is 7.13. The average Bonchev–Trinajstić information content (AvgIpc) is 3.27. The molecule has 0 spiro atoms. The molecule has 1 saturated carbocycles. The van der Waals surface area contributed by atoms with Crippen LogP contribution in [0, 0.1) is 27.9 Å². The van der Waals surface area contributed by atoms with Gasteiger partial charge in [-0.1, -0.05) is 0 Å². The van der Waals surface area contributed by atoms with Gasteiger partial charge in [-0.3, -0.25) is 19.7 Å². The standard InChI is InChI=1S/C20H25N7O4/c28-19(15-3-1-13(2-4-15)9-25-12-21-22-23-25)24-8-14-7-16(11-24)17-5-6-18(27(30)31)20(29)26(17)10-14/h5-6,12-16H,1-4,7-11H2/t13?,14-,15?,16-/m1/s1. The summed E-state index contributed by atoms with van der Waals surface area (Å²) in [5.74, 6) is 0.964. The maximum atomic E-state index is 13.3. The Labute approximate surface area is 178 Å². The number of nitrogens with zero attached hydrogens (tertiary/aromatic N) is 7. The number of fused-ring (bicyclic) bond motifs is 4. The number of aromatic nitrogens is 5. The number of carbonyl (C=O) groups excluding carboxylic acids is 1. The lowest BCUT2D eigenvalue weighted by Crippen LogP contribution is -2.51. The van der Waals surface area contributed by atoms with Crippen molar-refractivity contribution in [3.63, 3.8) is 0 Å². The second kappa shape index (κ2) is 7.86. The third-order valence-electron chi connectivity index (χ3n) is 7.13. The number of rotatable bonds is 4. The fourth-order valence-corrected chi connectivity index (χ4v) is 5.63. The first kappa shape index (κ1) is 19.8. The quantitative estimate of drug-likeness (QED) is 0.529. The van der Waals surface area contributed by atoms with Crippen molar-refractivity contribution in [2.45, 2.75) is 51.1 Å². The molecule has 4 heterocycles. The molecule has 2 fully saturated rings. The molecular weight excluding hydrogens is 402 g/mol. The second-order valence-electron chi connectivity index (χ2n) is 9.11. The highest BCUT2D eigenvalue weighted by atomic mass is 16.6. The molecule has 0 aromatic carbocycles. The normalized spacial score (nSPS) is 27.5. The zero-order valence-corrected chi connectivity index (χ0v) is 17.2. The van der Waals surface area contributed by atoms with E-state index in [-0.39, 0.29) is 29.3 Å². The lowest BCUT2D eigenvalue weighted by molar-refractivity contribution is -0.386. The monoisotopic (exact) mass is 427 g/mol. The Morgan fingerprint density at radius 2 is 1.97 bits per heavy atom. The summed E-state index contributed by atoms with van der Waals surface area (Å²) in [5, 5.41) is 22.4. The van der Waals surface area contributed by atoms with E-state index in [1.54, 1.807) is 21.6 Å². The van der Waals surface area contributed by atoms with Crippen molar-refractivity contribution in [2.75, 3.05) is 13.1 Å². The number of piperidine rings is 1. The summed E-state index contributed by atoms with van der Waals surface area (Å²) in [5.41, 5.74) is -0.0949. The molecule has 2 aliphatic heterocycles. The van der Waals surface area contributed by atoms with Crippen LogP contribution in [0.25, 0.3) is 0 Å². The lowest BCUT2D eigenvalue weighted by atomic mass is 9.79. The van der Waals surface area contributed by atoms with Gasteiger partial charge < -0.3 is 9.47 Å². The van der Waals surface area contributed by atoms with Crippen LogP contribution in [0.15, 0.2) is 23.3 Å². The predicted molar refractivity (Wildman–Crippen MR) is 108 cm³/mol. The van der Waals surface area contributed by atoms with Crippen molar-refractivity contribution in [1.29, 1.82) is 0 Å². The minimum Gasteiger partial charge on any atom is -0.341 e. The topological polar surface area (TPSA) is 129 Å². The van der Waals surface area contributed by atoms with E-state index in [4.69, 9.17) is 0 Å². The van der Waals surface area contributed by atoms with E-state index in [2.05, 4.69) is 15.5 Å². The van der Waals surface area contributed by atoms with Gasteiger partial charge in [-0.15, -0.1) is 5.10 Å². The van der Waals surface area contributed by atoms with Gasteiger partial charge in [0.2, 0.25) is 5.91 Å². The van der Waals surface area contributed by atoms with E-state index >= 15 is 0 Å². The second-order valence-corrected chi connectivity index (χ2v) is 9.11. The fraction of sp³-hybridized carbons (Fsp3) is 0.650. The minimum atomic E-state index is -0.619. The minimum absolute atomic E-state index is 0.0444. The predicted octanol–water partition coefficient (Wildman–Crippen LogP) is 1.20. The van der Waals surface area contributed by atoms with Crippen LogP contribution in [0.1, 0.15) is 43.7 Å². The molecule has 2 bridgehead atoms. The van der Waals surface area contributed by atoms with Crippen molar-refractivity contribution in [2.24, 2.45) is 17.8 Å². The highest BCUT2D eigenvalue weighted by Gasteiger charge is 2.39. The molecule has 1 amide bonds. The highest BCUT2D eigenvalue weighted by molar-refractivity contribution is 5.79. The summed E-state index contributed by atoms with van der Waals surface area (Å²) >= 11 is 0. The first-order chi connectivity index (χ1) is 15.0. The Hall–Kier alpha value is -3.11. The molecule has 2 aromatic heterocycles. The van der Waals surface area contributed by atoms with Gasteiger partial charge in [0.15, 0.2) is 0 Å². The van der Waals surface area contributed by atoms with Crippen LogP contribution in [-0.4, -0.2) is 53.6 Å². The van der Waals surface area contributed by atoms with Gasteiger partial charge in [0, 0.05) is 49.8 Å².